The number of carbonyl (C=O) groups is 2. The minimum Gasteiger partial charge on any atom is -0.439 e. The quantitative estimate of drug-likeness (QED) is 0.433. The highest BCUT2D eigenvalue weighted by Gasteiger charge is 2.30. The lowest BCUT2D eigenvalue weighted by Gasteiger charge is -2.13. The monoisotopic (exact) mass is 483 g/mol. The average Bonchev–Trinajstić information content (AvgIpc) is 3.62. The van der Waals surface area contributed by atoms with Crippen molar-refractivity contribution in [1.82, 2.24) is 9.97 Å². The van der Waals surface area contributed by atoms with E-state index in [9.17, 15) is 22.8 Å². The lowest BCUT2D eigenvalue weighted by molar-refractivity contribution is -0.118. The van der Waals surface area contributed by atoms with Gasteiger partial charge in [0.25, 0.3) is 5.92 Å². The number of Topliss-reactive ketones (excluding diaryl/α,β-unsaturated/α-hetero) is 1. The fourth-order valence-corrected chi connectivity index (χ4v) is 3.61. The number of anilines is 1. The maximum atomic E-state index is 13.7. The number of rotatable bonds is 9. The lowest BCUT2D eigenvalue weighted by Crippen LogP contribution is -2.14. The van der Waals surface area contributed by atoms with E-state index in [1.54, 1.807) is 18.2 Å². The van der Waals surface area contributed by atoms with Crippen LogP contribution < -0.4 is 10.1 Å². The Kier molecular flexibility index (Phi) is 6.86. The maximum absolute atomic E-state index is 13.7. The highest BCUT2D eigenvalue weighted by molar-refractivity contribution is 5.93. The number of hydrogen-bond donors (Lipinski definition) is 1. The Labute approximate surface area is 200 Å². The van der Waals surface area contributed by atoms with Crippen LogP contribution in [0, 0.1) is 18.7 Å². The molecule has 1 fully saturated rings. The van der Waals surface area contributed by atoms with Crippen LogP contribution in [-0.2, 0) is 28.4 Å². The number of benzene rings is 2. The van der Waals surface area contributed by atoms with Crippen LogP contribution in [0.5, 0.6) is 11.6 Å². The Balaban J connectivity index is 1.39. The summed E-state index contributed by atoms with van der Waals surface area (Å²) in [5.74, 6) is -3.44. The molecule has 1 aliphatic carbocycles. The van der Waals surface area contributed by atoms with Gasteiger partial charge in [-0.3, -0.25) is 9.59 Å². The zero-order valence-corrected chi connectivity index (χ0v) is 19.3. The number of amides is 1. The van der Waals surface area contributed by atoms with Gasteiger partial charge >= 0.3 is 0 Å². The topological polar surface area (TPSA) is 81.2 Å². The molecule has 0 radical (unpaired) electrons. The molecule has 182 valence electrons. The molecule has 1 amide bonds. The summed E-state index contributed by atoms with van der Waals surface area (Å²) in [6.45, 7) is 2.45. The van der Waals surface area contributed by atoms with Crippen molar-refractivity contribution in [3.63, 3.8) is 0 Å². The van der Waals surface area contributed by atoms with Crippen molar-refractivity contribution in [2.75, 3.05) is 5.32 Å². The minimum absolute atomic E-state index is 0.0462. The van der Waals surface area contributed by atoms with Gasteiger partial charge in [-0.15, -0.1) is 0 Å². The number of ether oxygens (including phenoxy) is 1. The van der Waals surface area contributed by atoms with Crippen LogP contribution in [0.15, 0.2) is 48.8 Å². The number of ketones is 1. The summed E-state index contributed by atoms with van der Waals surface area (Å²) >= 11 is 0. The van der Waals surface area contributed by atoms with Crippen molar-refractivity contribution in [2.45, 2.75) is 45.5 Å². The van der Waals surface area contributed by atoms with Crippen LogP contribution in [0.1, 0.15) is 42.0 Å². The van der Waals surface area contributed by atoms with Crippen molar-refractivity contribution in [2.24, 2.45) is 5.92 Å². The molecular formula is C26H24F3N3O3. The van der Waals surface area contributed by atoms with Crippen molar-refractivity contribution >= 4 is 17.5 Å². The third-order valence-corrected chi connectivity index (χ3v) is 5.67. The van der Waals surface area contributed by atoms with E-state index in [-0.39, 0.29) is 36.3 Å². The second-order valence-electron chi connectivity index (χ2n) is 8.79. The summed E-state index contributed by atoms with van der Waals surface area (Å²) in [7, 11) is 0. The molecule has 1 N–H and O–H groups in total. The Morgan fingerprint density at radius 2 is 1.86 bits per heavy atom. The van der Waals surface area contributed by atoms with E-state index >= 15 is 0 Å². The molecule has 2 aromatic carbocycles. The Morgan fingerprint density at radius 3 is 2.54 bits per heavy atom. The number of aryl methyl sites for hydroxylation is 1. The van der Waals surface area contributed by atoms with Crippen LogP contribution in [0.4, 0.5) is 19.0 Å². The van der Waals surface area contributed by atoms with Gasteiger partial charge in [-0.2, -0.15) is 0 Å². The summed E-state index contributed by atoms with van der Waals surface area (Å²) in [4.78, 5) is 32.6. The van der Waals surface area contributed by atoms with E-state index in [1.807, 2.05) is 6.92 Å². The van der Waals surface area contributed by atoms with Crippen LogP contribution in [0.3, 0.4) is 0 Å². The van der Waals surface area contributed by atoms with E-state index in [4.69, 9.17) is 4.74 Å². The largest absolute Gasteiger partial charge is 0.439 e. The summed E-state index contributed by atoms with van der Waals surface area (Å²) in [6.07, 6.45) is 3.07. The number of aromatic nitrogens is 2. The smallest absolute Gasteiger partial charge is 0.273 e. The second-order valence-corrected chi connectivity index (χ2v) is 8.79. The molecule has 0 saturated heterocycles. The molecule has 1 aliphatic rings. The molecule has 0 spiro atoms. The highest BCUT2D eigenvalue weighted by Crippen LogP contribution is 2.31. The number of carbonyl (C=O) groups excluding carboxylic acids is 2. The number of nitrogens with one attached hydrogen (secondary N) is 1. The Morgan fingerprint density at radius 1 is 1.09 bits per heavy atom. The summed E-state index contributed by atoms with van der Waals surface area (Å²) in [5, 5.41) is 2.74. The summed E-state index contributed by atoms with van der Waals surface area (Å²) < 4.78 is 46.6. The third-order valence-electron chi connectivity index (χ3n) is 5.67. The van der Waals surface area contributed by atoms with Gasteiger partial charge < -0.3 is 10.1 Å². The molecular weight excluding hydrogens is 459 g/mol. The molecule has 1 saturated carbocycles. The predicted octanol–water partition coefficient (Wildman–Crippen LogP) is 5.53. The molecule has 9 heteroatoms. The number of hydrogen-bond acceptors (Lipinski definition) is 5. The first-order valence-corrected chi connectivity index (χ1v) is 11.2. The molecule has 6 nitrogen and oxygen atoms in total. The van der Waals surface area contributed by atoms with E-state index in [1.165, 1.54) is 18.5 Å². The van der Waals surface area contributed by atoms with Crippen LogP contribution >= 0.6 is 0 Å². The molecule has 1 heterocycles. The number of alkyl halides is 2. The van der Waals surface area contributed by atoms with Gasteiger partial charge in [-0.05, 0) is 60.7 Å². The molecule has 3 aromatic rings. The summed E-state index contributed by atoms with van der Waals surface area (Å²) in [5.41, 5.74) is 1.16. The highest BCUT2D eigenvalue weighted by atomic mass is 19.3. The maximum Gasteiger partial charge on any atom is 0.273 e. The number of halogens is 3. The fraction of sp³-hybridized carbons (Fsp3) is 0.308. The number of nitrogens with zero attached hydrogens (tertiary/aromatic N) is 2. The van der Waals surface area contributed by atoms with E-state index < -0.39 is 17.3 Å². The van der Waals surface area contributed by atoms with Gasteiger partial charge in [0.2, 0.25) is 11.8 Å². The van der Waals surface area contributed by atoms with Crippen molar-refractivity contribution < 1.29 is 27.5 Å². The van der Waals surface area contributed by atoms with E-state index in [0.29, 0.717) is 24.1 Å². The molecule has 1 aromatic heterocycles. The van der Waals surface area contributed by atoms with Crippen molar-refractivity contribution in [3.8, 4) is 11.6 Å². The van der Waals surface area contributed by atoms with Gasteiger partial charge in [0.15, 0.2) is 0 Å². The van der Waals surface area contributed by atoms with Crippen molar-refractivity contribution in [1.29, 1.82) is 0 Å². The standard InChI is InChI=1S/C26H24F3N3O3/c1-15-9-20(35-24-13-23(30-14-31-24)32-25(34)17-4-5-17)7-6-18(15)12-19(33)10-16-3-8-22(27)21(11-16)26(2,28)29/h3,6-9,11,13-14,17H,4-5,10,12H2,1-2H3,(H,30,31,32,34). The molecule has 0 atom stereocenters. The molecule has 4 rings (SSSR count). The zero-order chi connectivity index (χ0) is 25.2. The van der Waals surface area contributed by atoms with E-state index in [0.717, 1.165) is 36.1 Å². The fourth-order valence-electron chi connectivity index (χ4n) is 3.61. The van der Waals surface area contributed by atoms with Crippen LogP contribution in [-0.4, -0.2) is 21.7 Å². The zero-order valence-electron chi connectivity index (χ0n) is 19.3. The predicted molar refractivity (Wildman–Crippen MR) is 123 cm³/mol. The molecule has 0 aliphatic heterocycles. The first kappa shape index (κ1) is 24.4. The average molecular weight is 483 g/mol. The first-order chi connectivity index (χ1) is 16.6. The van der Waals surface area contributed by atoms with Gasteiger partial charge in [0, 0.05) is 31.7 Å². The van der Waals surface area contributed by atoms with Gasteiger partial charge in [-0.1, -0.05) is 12.1 Å². The van der Waals surface area contributed by atoms with Crippen LogP contribution in [0.2, 0.25) is 0 Å². The molecule has 0 unspecified atom stereocenters. The third kappa shape index (κ3) is 6.44. The van der Waals surface area contributed by atoms with Gasteiger partial charge in [0.1, 0.15) is 29.5 Å². The van der Waals surface area contributed by atoms with Gasteiger partial charge in [0.05, 0.1) is 5.56 Å². The van der Waals surface area contributed by atoms with Crippen LogP contribution in [0.25, 0.3) is 0 Å². The first-order valence-electron chi connectivity index (χ1n) is 11.2. The Bertz CT molecular complexity index is 1270. The van der Waals surface area contributed by atoms with Crippen molar-refractivity contribution in [3.05, 3.63) is 76.9 Å². The molecule has 0 bridgehead atoms. The minimum atomic E-state index is -3.33. The normalized spacial score (nSPS) is 13.4. The SMILES string of the molecule is Cc1cc(Oc2cc(NC(=O)C3CC3)ncn2)ccc1CC(=O)Cc1ccc(F)c(C(C)(F)F)c1. The molecule has 35 heavy (non-hydrogen) atoms. The van der Waals surface area contributed by atoms with Gasteiger partial charge in [-0.25, -0.2) is 23.1 Å². The second kappa shape index (κ2) is 9.85. The van der Waals surface area contributed by atoms with E-state index in [2.05, 4.69) is 15.3 Å². The summed E-state index contributed by atoms with van der Waals surface area (Å²) in [6, 6.07) is 10.1. The lowest BCUT2D eigenvalue weighted by atomic mass is 9.97. The Hall–Kier alpha value is -3.75.